The van der Waals surface area contributed by atoms with Crippen molar-refractivity contribution in [3.63, 3.8) is 0 Å². The number of pyridine rings is 1. The van der Waals surface area contributed by atoms with E-state index in [2.05, 4.69) is 4.98 Å². The van der Waals surface area contributed by atoms with E-state index in [-0.39, 0.29) is 19.0 Å². The minimum atomic E-state index is -4.99. The van der Waals surface area contributed by atoms with Crippen LogP contribution in [0.25, 0.3) is 0 Å². The van der Waals surface area contributed by atoms with Gasteiger partial charge in [-0.2, -0.15) is 13.2 Å². The third kappa shape index (κ3) is 3.57. The number of amides is 1. The molecule has 1 saturated heterocycles. The van der Waals surface area contributed by atoms with Crippen LogP contribution in [-0.2, 0) is 19.9 Å². The van der Waals surface area contributed by atoms with Crippen LogP contribution >= 0.6 is 0 Å². The molecule has 0 spiro atoms. The van der Waals surface area contributed by atoms with Gasteiger partial charge in [-0.05, 0) is 19.1 Å². The molecule has 11 heteroatoms. The first kappa shape index (κ1) is 19.1. The van der Waals surface area contributed by atoms with Crippen molar-refractivity contribution in [2.45, 2.75) is 30.9 Å². The van der Waals surface area contributed by atoms with Crippen molar-refractivity contribution in [2.24, 2.45) is 0 Å². The number of hydrogen-bond donors (Lipinski definition) is 3. The van der Waals surface area contributed by atoms with Crippen molar-refractivity contribution < 1.29 is 42.8 Å². The van der Waals surface area contributed by atoms with Crippen molar-refractivity contribution >= 4 is 17.7 Å². The minimum Gasteiger partial charge on any atom is -0.479 e. The van der Waals surface area contributed by atoms with Crippen LogP contribution in [0.4, 0.5) is 19.0 Å². The second kappa shape index (κ2) is 6.58. The average molecular weight is 364 g/mol. The van der Waals surface area contributed by atoms with Crippen molar-refractivity contribution in [2.75, 3.05) is 18.1 Å². The van der Waals surface area contributed by atoms with Gasteiger partial charge in [-0.15, -0.1) is 0 Å². The second-order valence-corrected chi connectivity index (χ2v) is 5.52. The molecular weight excluding hydrogens is 349 g/mol. The first-order valence-corrected chi connectivity index (χ1v) is 7.07. The number of carbonyl (C=O) groups excluding carboxylic acids is 1. The Balaban J connectivity index is 2.34. The number of halogens is 3. The number of carboxylic acids is 1. The van der Waals surface area contributed by atoms with Crippen molar-refractivity contribution in [1.82, 2.24) is 4.98 Å². The van der Waals surface area contributed by atoms with E-state index in [0.717, 1.165) is 11.0 Å². The molecular formula is C14H15F3N2O6. The van der Waals surface area contributed by atoms with Crippen LogP contribution in [0, 0.1) is 0 Å². The second-order valence-electron chi connectivity index (χ2n) is 5.52. The highest BCUT2D eigenvalue weighted by Gasteiger charge is 2.52. The van der Waals surface area contributed by atoms with Gasteiger partial charge in [-0.3, -0.25) is 9.69 Å². The van der Waals surface area contributed by atoms with E-state index in [1.54, 1.807) is 0 Å². The van der Waals surface area contributed by atoms with Gasteiger partial charge in [0.25, 0.3) is 5.91 Å². The summed E-state index contributed by atoms with van der Waals surface area (Å²) >= 11 is 0. The molecule has 1 aromatic heterocycles. The lowest BCUT2D eigenvalue weighted by Gasteiger charge is -2.33. The van der Waals surface area contributed by atoms with Crippen LogP contribution in [0.5, 0.6) is 0 Å². The third-order valence-corrected chi connectivity index (χ3v) is 3.72. The van der Waals surface area contributed by atoms with Gasteiger partial charge in [-0.1, -0.05) is 6.07 Å². The molecule has 3 atom stereocenters. The highest BCUT2D eigenvalue weighted by molar-refractivity contribution is 5.99. The van der Waals surface area contributed by atoms with E-state index in [9.17, 15) is 33.0 Å². The zero-order chi connectivity index (χ0) is 19.0. The Hall–Kier alpha value is -2.24. The SMILES string of the molecule is CC(O)(c1cccc(N2CCO[C@H](C(O)C(=O)O)C2=O)n1)C(F)(F)F. The summed E-state index contributed by atoms with van der Waals surface area (Å²) in [7, 11) is 0. The van der Waals surface area contributed by atoms with Crippen molar-refractivity contribution in [3.05, 3.63) is 23.9 Å². The normalized spacial score (nSPS) is 22.4. The van der Waals surface area contributed by atoms with E-state index in [4.69, 9.17) is 9.84 Å². The summed E-state index contributed by atoms with van der Waals surface area (Å²) < 4.78 is 43.8. The number of ether oxygens (including phenoxy) is 1. The van der Waals surface area contributed by atoms with Gasteiger partial charge < -0.3 is 20.1 Å². The van der Waals surface area contributed by atoms with Gasteiger partial charge in [-0.25, -0.2) is 9.78 Å². The summed E-state index contributed by atoms with van der Waals surface area (Å²) in [5, 5.41) is 28.0. The number of alkyl halides is 3. The van der Waals surface area contributed by atoms with Crippen LogP contribution < -0.4 is 4.90 Å². The van der Waals surface area contributed by atoms with Gasteiger partial charge in [0.2, 0.25) is 0 Å². The average Bonchev–Trinajstić information content (AvgIpc) is 2.53. The Morgan fingerprint density at radius 1 is 1.44 bits per heavy atom. The molecule has 1 aliphatic heterocycles. The number of rotatable bonds is 4. The molecule has 0 radical (unpaired) electrons. The highest BCUT2D eigenvalue weighted by atomic mass is 19.4. The molecule has 1 aliphatic rings. The molecule has 25 heavy (non-hydrogen) atoms. The monoisotopic (exact) mass is 364 g/mol. The zero-order valence-electron chi connectivity index (χ0n) is 12.9. The lowest BCUT2D eigenvalue weighted by atomic mass is 10.0. The maximum atomic E-state index is 12.9. The number of hydrogen-bond acceptors (Lipinski definition) is 6. The molecule has 0 saturated carbocycles. The van der Waals surface area contributed by atoms with Crippen LogP contribution in [-0.4, -0.2) is 63.7 Å². The maximum Gasteiger partial charge on any atom is 0.422 e. The number of carboxylic acid groups (broad SMARTS) is 1. The van der Waals surface area contributed by atoms with Crippen LogP contribution in [0.2, 0.25) is 0 Å². The number of aliphatic carboxylic acids is 1. The molecule has 0 aliphatic carbocycles. The lowest BCUT2D eigenvalue weighted by molar-refractivity contribution is -0.260. The third-order valence-electron chi connectivity index (χ3n) is 3.72. The summed E-state index contributed by atoms with van der Waals surface area (Å²) in [5.74, 6) is -2.86. The van der Waals surface area contributed by atoms with Crippen LogP contribution in [0.15, 0.2) is 18.2 Å². The Bertz CT molecular complexity index is 679. The Morgan fingerprint density at radius 2 is 2.08 bits per heavy atom. The zero-order valence-corrected chi connectivity index (χ0v) is 12.9. The fourth-order valence-electron chi connectivity index (χ4n) is 2.18. The van der Waals surface area contributed by atoms with E-state index in [0.29, 0.717) is 6.92 Å². The molecule has 2 heterocycles. The Morgan fingerprint density at radius 3 is 2.64 bits per heavy atom. The smallest absolute Gasteiger partial charge is 0.422 e. The summed E-state index contributed by atoms with van der Waals surface area (Å²) in [6.07, 6.45) is -8.83. The van der Waals surface area contributed by atoms with E-state index >= 15 is 0 Å². The van der Waals surface area contributed by atoms with Gasteiger partial charge >= 0.3 is 12.1 Å². The predicted molar refractivity (Wildman–Crippen MR) is 75.6 cm³/mol. The number of anilines is 1. The quantitative estimate of drug-likeness (QED) is 0.689. The number of aliphatic hydroxyl groups excluding tert-OH is 1. The number of morpholine rings is 1. The summed E-state index contributed by atoms with van der Waals surface area (Å²) in [6.45, 7) is 0.270. The number of aliphatic hydroxyl groups is 2. The molecule has 3 N–H and O–H groups in total. The molecule has 1 fully saturated rings. The van der Waals surface area contributed by atoms with E-state index < -0.39 is 41.6 Å². The van der Waals surface area contributed by atoms with Crippen molar-refractivity contribution in [1.29, 1.82) is 0 Å². The molecule has 0 bridgehead atoms. The number of carbonyl (C=O) groups is 2. The van der Waals surface area contributed by atoms with Gasteiger partial charge in [0.1, 0.15) is 5.82 Å². The van der Waals surface area contributed by atoms with Gasteiger partial charge in [0.05, 0.1) is 18.8 Å². The molecule has 8 nitrogen and oxygen atoms in total. The highest BCUT2D eigenvalue weighted by Crippen LogP contribution is 2.38. The van der Waals surface area contributed by atoms with Crippen LogP contribution in [0.1, 0.15) is 12.6 Å². The Kier molecular flexibility index (Phi) is 5.02. The summed E-state index contributed by atoms with van der Waals surface area (Å²) in [6, 6.07) is 3.35. The topological polar surface area (TPSA) is 120 Å². The van der Waals surface area contributed by atoms with E-state index in [1.807, 2.05) is 0 Å². The van der Waals surface area contributed by atoms with Crippen molar-refractivity contribution in [3.8, 4) is 0 Å². The minimum absolute atomic E-state index is 0.105. The molecule has 1 aromatic rings. The standard InChI is InChI=1S/C14H15F3N2O6/c1-13(24,14(15,16)17)7-3-2-4-8(18-7)19-5-6-25-10(11(19)21)9(20)12(22)23/h2-4,9-10,20,24H,5-6H2,1H3,(H,22,23)/t9?,10-,13?/m1/s1. The van der Waals surface area contributed by atoms with E-state index in [1.165, 1.54) is 12.1 Å². The first-order valence-electron chi connectivity index (χ1n) is 7.07. The Labute approximate surface area is 139 Å². The van der Waals surface area contributed by atoms with Gasteiger partial charge in [0.15, 0.2) is 17.8 Å². The largest absolute Gasteiger partial charge is 0.479 e. The predicted octanol–water partition coefficient (Wildman–Crippen LogP) is 0.0287. The summed E-state index contributed by atoms with van der Waals surface area (Å²) in [5.41, 5.74) is -3.97. The maximum absolute atomic E-state index is 12.9. The fourth-order valence-corrected chi connectivity index (χ4v) is 2.18. The number of aromatic nitrogens is 1. The molecule has 138 valence electrons. The number of nitrogens with zero attached hydrogens (tertiary/aromatic N) is 2. The fraction of sp³-hybridized carbons (Fsp3) is 0.500. The summed E-state index contributed by atoms with van der Waals surface area (Å²) in [4.78, 5) is 27.7. The molecule has 1 amide bonds. The first-order chi connectivity index (χ1) is 11.5. The molecule has 0 aromatic carbocycles. The molecule has 2 unspecified atom stereocenters. The molecule has 2 rings (SSSR count). The van der Waals surface area contributed by atoms with Gasteiger partial charge in [0, 0.05) is 0 Å². The lowest BCUT2D eigenvalue weighted by Crippen LogP contribution is -2.55. The van der Waals surface area contributed by atoms with Crippen LogP contribution in [0.3, 0.4) is 0 Å².